The van der Waals surface area contributed by atoms with Gasteiger partial charge in [0.05, 0.1) is 12.2 Å². The molecule has 1 fully saturated rings. The van der Waals surface area contributed by atoms with Crippen LogP contribution in [0, 0.1) is 0 Å². The number of para-hydroxylation sites is 1. The maximum atomic E-state index is 12.6. The summed E-state index contributed by atoms with van der Waals surface area (Å²) in [6.07, 6.45) is 1.90. The Labute approximate surface area is 215 Å². The second kappa shape index (κ2) is 10.5. The second-order valence-electron chi connectivity index (χ2n) is 10.3. The minimum atomic E-state index is -0.908. The quantitative estimate of drug-likeness (QED) is 0.236. The van der Waals surface area contributed by atoms with Crippen LogP contribution in [0.25, 0.3) is 10.9 Å². The largest absolute Gasteiger partial charge is 0.480 e. The lowest BCUT2D eigenvalue weighted by Crippen LogP contribution is -2.50. The highest BCUT2D eigenvalue weighted by Gasteiger charge is 2.54. The van der Waals surface area contributed by atoms with Crippen LogP contribution in [0.3, 0.4) is 0 Å². The molecule has 9 heteroatoms. The summed E-state index contributed by atoms with van der Waals surface area (Å²) in [5, 5.41) is 16.2. The number of nitrogens with zero attached hydrogens (tertiary/aromatic N) is 1. The van der Waals surface area contributed by atoms with E-state index in [-0.39, 0.29) is 12.0 Å². The third-order valence-corrected chi connectivity index (χ3v) is 6.56. The van der Waals surface area contributed by atoms with Crippen molar-refractivity contribution in [3.8, 4) is 0 Å². The lowest BCUT2D eigenvalue weighted by molar-refractivity contribution is -0.137. The van der Waals surface area contributed by atoms with Crippen molar-refractivity contribution < 1.29 is 19.4 Å². The fraction of sp³-hybridized carbons (Fsp3) is 0.407. The first-order valence-corrected chi connectivity index (χ1v) is 12.5. The van der Waals surface area contributed by atoms with Gasteiger partial charge in [-0.3, -0.25) is 4.79 Å². The number of hydrogen-bond acceptors (Lipinski definition) is 5. The number of alkyl carbamates (subject to hydrolysis) is 1. The maximum absolute atomic E-state index is 12.6. The minimum Gasteiger partial charge on any atom is -0.480 e. The number of carboxylic acid groups (broad SMARTS) is 1. The minimum absolute atomic E-state index is 0.0602. The topological polar surface area (TPSA) is 106 Å². The van der Waals surface area contributed by atoms with E-state index in [1.54, 1.807) is 25.8 Å². The SMILES string of the molecule is CC(CC(NC(=O)OC(C)(C)C)NN1[C@H](C(=O)O)[C@@H]1Cc1c[nH]c2ccccc12)c1ccc(Cl)cc1. The Kier molecular flexibility index (Phi) is 7.59. The normalized spacial score (nSPS) is 21.1. The Morgan fingerprint density at radius 3 is 2.53 bits per heavy atom. The van der Waals surface area contributed by atoms with E-state index in [1.165, 1.54) is 0 Å². The smallest absolute Gasteiger partial charge is 0.408 e. The predicted octanol–water partition coefficient (Wildman–Crippen LogP) is 5.05. The van der Waals surface area contributed by atoms with Gasteiger partial charge < -0.3 is 20.1 Å². The molecule has 3 aromatic rings. The average Bonchev–Trinajstić information content (AvgIpc) is 3.30. The van der Waals surface area contributed by atoms with E-state index in [0.717, 1.165) is 22.0 Å². The van der Waals surface area contributed by atoms with Crippen LogP contribution in [-0.4, -0.2) is 51.0 Å². The molecule has 0 radical (unpaired) electrons. The number of aromatic amines is 1. The number of H-pyrrole nitrogens is 1. The molecule has 0 aliphatic carbocycles. The zero-order chi connectivity index (χ0) is 26.0. The Bertz CT molecular complexity index is 1220. The van der Waals surface area contributed by atoms with Crippen molar-refractivity contribution >= 4 is 34.6 Å². The van der Waals surface area contributed by atoms with Gasteiger partial charge in [0, 0.05) is 22.1 Å². The van der Waals surface area contributed by atoms with Gasteiger partial charge in [-0.2, -0.15) is 0 Å². The number of benzene rings is 2. The Hall–Kier alpha value is -3.07. The number of hydrazine groups is 1. The Balaban J connectivity index is 1.50. The summed E-state index contributed by atoms with van der Waals surface area (Å²) in [6, 6.07) is 14.6. The lowest BCUT2D eigenvalue weighted by Gasteiger charge is -2.27. The molecule has 3 unspecified atom stereocenters. The van der Waals surface area contributed by atoms with Crippen molar-refractivity contribution in [2.24, 2.45) is 0 Å². The molecule has 4 rings (SSSR count). The van der Waals surface area contributed by atoms with Crippen LogP contribution in [0.1, 0.15) is 51.2 Å². The standard InChI is InChI=1S/C27H33ClN4O4/c1-16(17-9-11-19(28)12-10-17)13-23(30-26(35)36-27(2,3)4)31-32-22(24(32)25(33)34)14-18-15-29-21-8-6-5-7-20(18)21/h5-12,15-16,22-24,29,31H,13-14H2,1-4H3,(H,30,35)(H,33,34)/t16?,22-,23?,24-,32?/m0/s1. The van der Waals surface area contributed by atoms with E-state index < -0.39 is 29.9 Å². The lowest BCUT2D eigenvalue weighted by atomic mass is 9.96. The molecule has 5 atom stereocenters. The van der Waals surface area contributed by atoms with Gasteiger partial charge in [-0.15, -0.1) is 0 Å². The first-order valence-electron chi connectivity index (χ1n) is 12.1. The average molecular weight is 513 g/mol. The number of aliphatic carboxylic acids is 1. The van der Waals surface area contributed by atoms with Gasteiger partial charge in [-0.05, 0) is 68.9 Å². The first kappa shape index (κ1) is 26.0. The molecule has 1 saturated heterocycles. The van der Waals surface area contributed by atoms with Gasteiger partial charge in [0.2, 0.25) is 0 Å². The van der Waals surface area contributed by atoms with Gasteiger partial charge >= 0.3 is 12.1 Å². The van der Waals surface area contributed by atoms with Gasteiger partial charge in [0.15, 0.2) is 0 Å². The first-order chi connectivity index (χ1) is 17.0. The molecule has 4 N–H and O–H groups in total. The second-order valence-corrected chi connectivity index (χ2v) is 10.8. The van der Waals surface area contributed by atoms with Crippen LogP contribution in [0.4, 0.5) is 4.79 Å². The van der Waals surface area contributed by atoms with Gasteiger partial charge in [-0.1, -0.05) is 48.9 Å². The third kappa shape index (κ3) is 6.37. The van der Waals surface area contributed by atoms with E-state index in [4.69, 9.17) is 16.3 Å². The van der Waals surface area contributed by atoms with Crippen LogP contribution in [0.2, 0.25) is 5.02 Å². The van der Waals surface area contributed by atoms with E-state index in [0.29, 0.717) is 17.9 Å². The number of ether oxygens (including phenoxy) is 1. The molecule has 1 aliphatic heterocycles. The highest BCUT2D eigenvalue weighted by molar-refractivity contribution is 6.30. The van der Waals surface area contributed by atoms with Gasteiger partial charge in [-0.25, -0.2) is 15.2 Å². The molecule has 8 nitrogen and oxygen atoms in total. The molecule has 1 aromatic heterocycles. The zero-order valence-electron chi connectivity index (χ0n) is 20.9. The molecular formula is C27H33ClN4O4. The summed E-state index contributed by atoms with van der Waals surface area (Å²) in [6.45, 7) is 7.45. The number of carboxylic acids is 1. The highest BCUT2D eigenvalue weighted by atomic mass is 35.5. The third-order valence-electron chi connectivity index (χ3n) is 6.31. The zero-order valence-corrected chi connectivity index (χ0v) is 21.7. The number of carbonyl (C=O) groups is 2. The highest BCUT2D eigenvalue weighted by Crippen LogP contribution is 2.33. The van der Waals surface area contributed by atoms with Crippen molar-refractivity contribution in [3.63, 3.8) is 0 Å². The van der Waals surface area contributed by atoms with Crippen molar-refractivity contribution in [2.45, 2.75) is 70.3 Å². The number of nitrogens with one attached hydrogen (secondary N) is 3. The molecule has 2 aromatic carbocycles. The van der Waals surface area contributed by atoms with E-state index >= 15 is 0 Å². The molecule has 0 bridgehead atoms. The fourth-order valence-corrected chi connectivity index (χ4v) is 4.66. The molecule has 36 heavy (non-hydrogen) atoms. The molecule has 0 saturated carbocycles. The van der Waals surface area contributed by atoms with Crippen LogP contribution >= 0.6 is 11.6 Å². The number of fused-ring (bicyclic) bond motifs is 1. The van der Waals surface area contributed by atoms with Crippen molar-refractivity contribution in [3.05, 3.63) is 70.9 Å². The number of carbonyl (C=O) groups excluding carboxylic acids is 1. The van der Waals surface area contributed by atoms with Crippen LogP contribution in [-0.2, 0) is 16.0 Å². The Morgan fingerprint density at radius 2 is 1.86 bits per heavy atom. The summed E-state index contributed by atoms with van der Waals surface area (Å²) < 4.78 is 5.46. The predicted molar refractivity (Wildman–Crippen MR) is 140 cm³/mol. The maximum Gasteiger partial charge on any atom is 0.408 e. The number of aromatic nitrogens is 1. The van der Waals surface area contributed by atoms with Crippen LogP contribution in [0.15, 0.2) is 54.7 Å². The summed E-state index contributed by atoms with van der Waals surface area (Å²) in [7, 11) is 0. The number of hydrogen-bond donors (Lipinski definition) is 4. The molecule has 1 aliphatic rings. The fourth-order valence-electron chi connectivity index (χ4n) is 4.53. The number of amides is 1. The molecule has 2 heterocycles. The van der Waals surface area contributed by atoms with Crippen LogP contribution in [0.5, 0.6) is 0 Å². The van der Waals surface area contributed by atoms with E-state index in [2.05, 4.69) is 22.7 Å². The van der Waals surface area contributed by atoms with Crippen molar-refractivity contribution in [1.82, 2.24) is 20.7 Å². The number of halogens is 1. The monoisotopic (exact) mass is 512 g/mol. The van der Waals surface area contributed by atoms with E-state index in [1.807, 2.05) is 54.7 Å². The Morgan fingerprint density at radius 1 is 1.17 bits per heavy atom. The van der Waals surface area contributed by atoms with Crippen molar-refractivity contribution in [1.29, 1.82) is 0 Å². The van der Waals surface area contributed by atoms with Gasteiger partial charge in [0.25, 0.3) is 0 Å². The molecule has 192 valence electrons. The summed E-state index contributed by atoms with van der Waals surface area (Å²) in [5.74, 6) is -0.848. The molecule has 1 amide bonds. The number of rotatable bonds is 9. The summed E-state index contributed by atoms with van der Waals surface area (Å²) in [5.41, 5.74) is 5.74. The van der Waals surface area contributed by atoms with Gasteiger partial charge in [0.1, 0.15) is 11.6 Å². The summed E-state index contributed by atoms with van der Waals surface area (Å²) >= 11 is 6.04. The van der Waals surface area contributed by atoms with E-state index in [9.17, 15) is 14.7 Å². The summed E-state index contributed by atoms with van der Waals surface area (Å²) in [4.78, 5) is 27.9. The van der Waals surface area contributed by atoms with Crippen molar-refractivity contribution in [2.75, 3.05) is 0 Å². The molecule has 0 spiro atoms. The van der Waals surface area contributed by atoms with Crippen LogP contribution < -0.4 is 10.7 Å². The molecular weight excluding hydrogens is 480 g/mol.